The fourth-order valence-corrected chi connectivity index (χ4v) is 4.56. The molecule has 0 atom stereocenters. The third kappa shape index (κ3) is 4.99. The van der Waals surface area contributed by atoms with Crippen LogP contribution in [0.3, 0.4) is 0 Å². The lowest BCUT2D eigenvalue weighted by Gasteiger charge is -2.10. The summed E-state index contributed by atoms with van der Waals surface area (Å²) in [7, 11) is 1.63. The number of anilines is 1. The Morgan fingerprint density at radius 1 is 1.20 bits per heavy atom. The number of thioether (sulfide) groups is 1. The van der Waals surface area contributed by atoms with E-state index in [9.17, 15) is 10.1 Å². The van der Waals surface area contributed by atoms with Crippen LogP contribution >= 0.6 is 23.1 Å². The molecule has 30 heavy (non-hydrogen) atoms. The van der Waals surface area contributed by atoms with Crippen LogP contribution in [0, 0.1) is 32.1 Å². The Morgan fingerprint density at radius 2 is 1.93 bits per heavy atom. The predicted octanol–water partition coefficient (Wildman–Crippen LogP) is 5.13. The van der Waals surface area contributed by atoms with Gasteiger partial charge < -0.3 is 10.1 Å². The molecular formula is C22H22N4O2S2. The molecule has 3 aromatic rings. The second-order valence-electron chi connectivity index (χ2n) is 6.65. The molecule has 2 aromatic heterocycles. The Kier molecular flexibility index (Phi) is 7.08. The number of rotatable bonds is 7. The smallest absolute Gasteiger partial charge is 0.226 e. The topological polar surface area (TPSA) is 87.9 Å². The number of nitriles is 1. The summed E-state index contributed by atoms with van der Waals surface area (Å²) in [5, 5.41) is 15.4. The summed E-state index contributed by atoms with van der Waals surface area (Å²) in [6.45, 7) is 5.83. The third-order valence-corrected chi connectivity index (χ3v) is 6.51. The molecule has 154 valence electrons. The van der Waals surface area contributed by atoms with Crippen molar-refractivity contribution in [3.05, 3.63) is 52.0 Å². The first-order chi connectivity index (χ1) is 14.4. The van der Waals surface area contributed by atoms with Gasteiger partial charge >= 0.3 is 0 Å². The Hall–Kier alpha value is -2.89. The SMILES string of the molecule is COc1ccc(-c2csc(NC(=O)CCSc3nc(C)c(C)c(C)c3C#N)n2)cc1. The number of benzene rings is 1. The van der Waals surface area contributed by atoms with E-state index in [1.807, 2.05) is 50.4 Å². The molecule has 0 spiro atoms. The lowest BCUT2D eigenvalue weighted by atomic mass is 10.1. The van der Waals surface area contributed by atoms with Crippen molar-refractivity contribution in [2.75, 3.05) is 18.2 Å². The fraction of sp³-hybridized carbons (Fsp3) is 0.273. The Morgan fingerprint density at radius 3 is 2.60 bits per heavy atom. The summed E-state index contributed by atoms with van der Waals surface area (Å²) in [6.07, 6.45) is 0.306. The molecule has 0 aliphatic carbocycles. The van der Waals surface area contributed by atoms with Crippen LogP contribution in [0.5, 0.6) is 5.75 Å². The van der Waals surface area contributed by atoms with Crippen LogP contribution in [0.4, 0.5) is 5.13 Å². The van der Waals surface area contributed by atoms with Crippen molar-refractivity contribution in [1.29, 1.82) is 5.26 Å². The summed E-state index contributed by atoms with van der Waals surface area (Å²) in [6, 6.07) is 9.85. The van der Waals surface area contributed by atoms with E-state index in [1.54, 1.807) is 7.11 Å². The van der Waals surface area contributed by atoms with Gasteiger partial charge in [0.1, 0.15) is 16.8 Å². The lowest BCUT2D eigenvalue weighted by molar-refractivity contribution is -0.115. The van der Waals surface area contributed by atoms with Gasteiger partial charge in [-0.25, -0.2) is 9.97 Å². The van der Waals surface area contributed by atoms with Crippen molar-refractivity contribution in [2.24, 2.45) is 0 Å². The molecule has 0 saturated carbocycles. The van der Waals surface area contributed by atoms with Gasteiger partial charge in [0.05, 0.1) is 18.4 Å². The van der Waals surface area contributed by atoms with E-state index < -0.39 is 0 Å². The summed E-state index contributed by atoms with van der Waals surface area (Å²) >= 11 is 2.82. The minimum Gasteiger partial charge on any atom is -0.497 e. The zero-order valence-corrected chi connectivity index (χ0v) is 18.9. The molecule has 8 heteroatoms. The van der Waals surface area contributed by atoms with Gasteiger partial charge in [-0.3, -0.25) is 4.79 Å². The highest BCUT2D eigenvalue weighted by Crippen LogP contribution is 2.28. The highest BCUT2D eigenvalue weighted by Gasteiger charge is 2.14. The number of hydrogen-bond acceptors (Lipinski definition) is 7. The first kappa shape index (κ1) is 21.8. The van der Waals surface area contributed by atoms with Crippen molar-refractivity contribution in [1.82, 2.24) is 9.97 Å². The van der Waals surface area contributed by atoms with Gasteiger partial charge in [-0.1, -0.05) is 0 Å². The molecule has 0 bridgehead atoms. The first-order valence-corrected chi connectivity index (χ1v) is 11.2. The quantitative estimate of drug-likeness (QED) is 0.515. The number of amides is 1. The number of ether oxygens (including phenoxy) is 1. The lowest BCUT2D eigenvalue weighted by Crippen LogP contribution is -2.12. The minimum absolute atomic E-state index is 0.114. The maximum Gasteiger partial charge on any atom is 0.226 e. The molecule has 1 N–H and O–H groups in total. The predicted molar refractivity (Wildman–Crippen MR) is 121 cm³/mol. The standard InChI is InChI=1S/C22H22N4O2S2/c1-13-14(2)18(11-23)21(24-15(13)3)29-10-9-20(27)26-22-25-19(12-30-22)16-5-7-17(28-4)8-6-16/h5-8,12H,9-10H2,1-4H3,(H,25,26,27). The number of methoxy groups -OCH3 is 1. The molecule has 6 nitrogen and oxygen atoms in total. The molecule has 3 rings (SSSR count). The van der Waals surface area contributed by atoms with Gasteiger partial charge in [-0.2, -0.15) is 5.26 Å². The van der Waals surface area contributed by atoms with Gasteiger partial charge in [-0.05, 0) is 56.2 Å². The number of nitrogens with zero attached hydrogens (tertiary/aromatic N) is 3. The number of nitrogens with one attached hydrogen (secondary N) is 1. The van der Waals surface area contributed by atoms with E-state index in [1.165, 1.54) is 23.1 Å². The van der Waals surface area contributed by atoms with E-state index in [0.717, 1.165) is 33.8 Å². The van der Waals surface area contributed by atoms with Gasteiger partial charge in [-0.15, -0.1) is 23.1 Å². The summed E-state index contributed by atoms with van der Waals surface area (Å²) in [4.78, 5) is 21.3. The number of carbonyl (C=O) groups is 1. The molecule has 0 radical (unpaired) electrons. The van der Waals surface area contributed by atoms with E-state index in [-0.39, 0.29) is 5.91 Å². The number of hydrogen-bond donors (Lipinski definition) is 1. The minimum atomic E-state index is -0.114. The van der Waals surface area contributed by atoms with Crippen LogP contribution in [-0.2, 0) is 4.79 Å². The molecule has 0 aliphatic rings. The van der Waals surface area contributed by atoms with E-state index >= 15 is 0 Å². The molecule has 1 amide bonds. The Bertz CT molecular complexity index is 1100. The Balaban J connectivity index is 1.57. The average molecular weight is 439 g/mol. The highest BCUT2D eigenvalue weighted by molar-refractivity contribution is 7.99. The molecule has 0 unspecified atom stereocenters. The number of aryl methyl sites for hydroxylation is 1. The van der Waals surface area contributed by atoms with E-state index in [2.05, 4.69) is 21.4 Å². The van der Waals surface area contributed by atoms with Crippen LogP contribution in [0.1, 0.15) is 28.8 Å². The van der Waals surface area contributed by atoms with Crippen LogP contribution in [0.15, 0.2) is 34.7 Å². The molecular weight excluding hydrogens is 416 g/mol. The third-order valence-electron chi connectivity index (χ3n) is 4.78. The number of pyridine rings is 1. The summed E-state index contributed by atoms with van der Waals surface area (Å²) in [5.41, 5.74) is 5.25. The van der Waals surface area contributed by atoms with Gasteiger partial charge in [0.15, 0.2) is 5.13 Å². The highest BCUT2D eigenvalue weighted by atomic mass is 32.2. The largest absolute Gasteiger partial charge is 0.497 e. The molecule has 1 aromatic carbocycles. The monoisotopic (exact) mass is 438 g/mol. The number of aromatic nitrogens is 2. The second kappa shape index (κ2) is 9.74. The van der Waals surface area contributed by atoms with Crippen molar-refractivity contribution >= 4 is 34.1 Å². The summed E-state index contributed by atoms with van der Waals surface area (Å²) in [5.74, 6) is 1.21. The number of thiazole rings is 1. The molecule has 0 saturated heterocycles. The Labute approximate surface area is 184 Å². The zero-order chi connectivity index (χ0) is 21.7. The van der Waals surface area contributed by atoms with Crippen molar-refractivity contribution in [3.63, 3.8) is 0 Å². The summed E-state index contributed by atoms with van der Waals surface area (Å²) < 4.78 is 5.17. The maximum absolute atomic E-state index is 12.3. The van der Waals surface area contributed by atoms with Gasteiger partial charge in [0.2, 0.25) is 5.91 Å². The fourth-order valence-electron chi connectivity index (χ4n) is 2.80. The average Bonchev–Trinajstić information content (AvgIpc) is 3.20. The second-order valence-corrected chi connectivity index (χ2v) is 8.59. The van der Waals surface area contributed by atoms with Crippen molar-refractivity contribution < 1.29 is 9.53 Å². The first-order valence-electron chi connectivity index (χ1n) is 9.33. The molecule has 0 aliphatic heterocycles. The normalized spacial score (nSPS) is 10.5. The zero-order valence-electron chi connectivity index (χ0n) is 17.3. The maximum atomic E-state index is 12.3. The van der Waals surface area contributed by atoms with Crippen LogP contribution in [0.2, 0.25) is 0 Å². The van der Waals surface area contributed by atoms with Gasteiger partial charge in [0.25, 0.3) is 0 Å². The van der Waals surface area contributed by atoms with Crippen molar-refractivity contribution in [3.8, 4) is 23.1 Å². The van der Waals surface area contributed by atoms with Crippen LogP contribution in [0.25, 0.3) is 11.3 Å². The van der Waals surface area contributed by atoms with E-state index in [4.69, 9.17) is 4.74 Å². The number of carbonyl (C=O) groups excluding carboxylic acids is 1. The molecule has 2 heterocycles. The van der Waals surface area contributed by atoms with E-state index in [0.29, 0.717) is 27.9 Å². The van der Waals surface area contributed by atoms with Crippen molar-refractivity contribution in [2.45, 2.75) is 32.2 Å². The van der Waals surface area contributed by atoms with Gasteiger partial charge in [0, 0.05) is 28.8 Å². The van der Waals surface area contributed by atoms with Crippen LogP contribution < -0.4 is 10.1 Å². The molecule has 0 fully saturated rings. The van der Waals surface area contributed by atoms with Crippen LogP contribution in [-0.4, -0.2) is 28.7 Å².